The van der Waals surface area contributed by atoms with Crippen LogP contribution >= 0.6 is 27.5 Å². The normalized spacial score (nSPS) is 16.0. The van der Waals surface area contributed by atoms with Gasteiger partial charge in [0, 0.05) is 65.3 Å². The molecule has 1 aliphatic rings. The Morgan fingerprint density at radius 2 is 1.85 bits per heavy atom. The lowest BCUT2D eigenvalue weighted by Gasteiger charge is -2.34. The van der Waals surface area contributed by atoms with Gasteiger partial charge < -0.3 is 15.0 Å². The van der Waals surface area contributed by atoms with Crippen LogP contribution in [0.1, 0.15) is 73.9 Å². The summed E-state index contributed by atoms with van der Waals surface area (Å²) in [5, 5.41) is 4.27. The zero-order valence-corrected chi connectivity index (χ0v) is 26.0. The van der Waals surface area contributed by atoms with Crippen LogP contribution in [0.5, 0.6) is 0 Å². The summed E-state index contributed by atoms with van der Waals surface area (Å²) in [5.74, 6) is -3.04. The van der Waals surface area contributed by atoms with Gasteiger partial charge in [0.15, 0.2) is 0 Å². The number of pyridine rings is 1. The van der Waals surface area contributed by atoms with Gasteiger partial charge in [-0.25, -0.2) is 13.8 Å². The van der Waals surface area contributed by atoms with Gasteiger partial charge in [-0.3, -0.25) is 9.59 Å². The van der Waals surface area contributed by atoms with Crippen molar-refractivity contribution in [3.05, 3.63) is 68.7 Å². The van der Waals surface area contributed by atoms with Gasteiger partial charge in [0.25, 0.3) is 11.8 Å². The molecule has 10 heteroatoms. The predicted molar refractivity (Wildman–Crippen MR) is 162 cm³/mol. The molecule has 1 aliphatic heterocycles. The van der Waals surface area contributed by atoms with E-state index in [9.17, 15) is 18.4 Å². The average Bonchev–Trinajstić information content (AvgIpc) is 2.88. The van der Waals surface area contributed by atoms with Crippen molar-refractivity contribution < 1.29 is 23.1 Å². The maximum Gasteiger partial charge on any atom is 0.306 e. The average molecular weight is 651 g/mol. The van der Waals surface area contributed by atoms with E-state index in [1.807, 2.05) is 62.1 Å². The number of carbonyl (C=O) groups is 2. The lowest BCUT2D eigenvalue weighted by Crippen LogP contribution is -2.40. The van der Waals surface area contributed by atoms with E-state index in [0.29, 0.717) is 39.3 Å². The van der Waals surface area contributed by atoms with Crippen molar-refractivity contribution in [2.75, 3.05) is 24.5 Å². The maximum absolute atomic E-state index is 13.9. The van der Waals surface area contributed by atoms with Gasteiger partial charge in [0.1, 0.15) is 11.4 Å². The van der Waals surface area contributed by atoms with Crippen LogP contribution < -0.4 is 10.2 Å². The monoisotopic (exact) mass is 649 g/mol. The molecule has 4 rings (SSSR count). The molecule has 0 aliphatic carbocycles. The molecule has 1 N–H and O–H groups in total. The summed E-state index contributed by atoms with van der Waals surface area (Å²) in [6, 6.07) is 12.9. The minimum absolute atomic E-state index is 0.156. The first-order valence-electron chi connectivity index (χ1n) is 13.7. The van der Waals surface area contributed by atoms with Crippen LogP contribution in [0.3, 0.4) is 0 Å². The van der Waals surface area contributed by atoms with Crippen LogP contribution in [0.15, 0.2) is 46.9 Å². The number of rotatable bonds is 8. The second-order valence-corrected chi connectivity index (χ2v) is 12.8. The molecule has 1 amide bonds. The Bertz CT molecular complexity index is 1430. The summed E-state index contributed by atoms with van der Waals surface area (Å²) in [4.78, 5) is 32.9. The molecule has 6 nitrogen and oxygen atoms in total. The van der Waals surface area contributed by atoms with Crippen molar-refractivity contribution in [1.29, 1.82) is 0 Å². The number of hydrogen-bond donors (Lipinski definition) is 1. The minimum Gasteiger partial charge on any atom is -0.460 e. The van der Waals surface area contributed by atoms with Crippen molar-refractivity contribution >= 4 is 56.1 Å². The Kier molecular flexibility index (Phi) is 9.59. The van der Waals surface area contributed by atoms with Gasteiger partial charge in [-0.15, -0.1) is 0 Å². The largest absolute Gasteiger partial charge is 0.460 e. The van der Waals surface area contributed by atoms with E-state index >= 15 is 0 Å². The number of carbonyl (C=O) groups excluding carboxylic acids is 2. The van der Waals surface area contributed by atoms with Crippen molar-refractivity contribution in [2.24, 2.45) is 0 Å². The number of ether oxygens (including phenoxy) is 1. The number of aromatic nitrogens is 1. The molecule has 1 aromatic heterocycles. The van der Waals surface area contributed by atoms with Gasteiger partial charge in [-0.1, -0.05) is 45.7 Å². The highest BCUT2D eigenvalue weighted by molar-refractivity contribution is 9.10. The molecule has 3 aromatic rings. The Balaban J connectivity index is 1.62. The molecular formula is C31H35BrClF2N3O3. The predicted octanol–water partition coefficient (Wildman–Crippen LogP) is 7.83. The zero-order valence-electron chi connectivity index (χ0n) is 23.7. The summed E-state index contributed by atoms with van der Waals surface area (Å²) in [6.45, 7) is 7.80. The Hall–Kier alpha value is -2.78. The number of benzene rings is 2. The SMILES string of the molecule is Cc1c(N2CCC(F)(F)CC2)nc2ccc(Br)cc2c1C(=O)NCC(CCC(=O)OC(C)(C)C)c1ccccc1Cl. The molecule has 41 heavy (non-hydrogen) atoms. The van der Waals surface area contributed by atoms with Crippen LogP contribution in [-0.4, -0.2) is 48.0 Å². The maximum atomic E-state index is 13.9. The molecular weight excluding hydrogens is 616 g/mol. The number of halogens is 4. The van der Waals surface area contributed by atoms with Gasteiger partial charge in [-0.05, 0) is 63.9 Å². The highest BCUT2D eigenvalue weighted by atomic mass is 79.9. The number of amides is 1. The van der Waals surface area contributed by atoms with Gasteiger partial charge in [0.05, 0.1) is 11.1 Å². The van der Waals surface area contributed by atoms with Gasteiger partial charge in [0.2, 0.25) is 0 Å². The third-order valence-corrected chi connectivity index (χ3v) is 7.99. The quantitative estimate of drug-likeness (QED) is 0.252. The number of esters is 1. The minimum atomic E-state index is -2.70. The topological polar surface area (TPSA) is 71.5 Å². The van der Waals surface area contributed by atoms with Crippen molar-refractivity contribution in [3.63, 3.8) is 0 Å². The fraction of sp³-hybridized carbons (Fsp3) is 0.452. The Morgan fingerprint density at radius 3 is 2.51 bits per heavy atom. The smallest absolute Gasteiger partial charge is 0.306 e. The molecule has 2 heterocycles. The van der Waals surface area contributed by atoms with Gasteiger partial charge >= 0.3 is 5.97 Å². The molecule has 2 aromatic carbocycles. The molecule has 1 fully saturated rings. The Labute approximate surface area is 252 Å². The highest BCUT2D eigenvalue weighted by Crippen LogP contribution is 2.35. The zero-order chi connectivity index (χ0) is 29.9. The first-order chi connectivity index (χ1) is 19.2. The van der Waals surface area contributed by atoms with E-state index in [-0.39, 0.29) is 56.7 Å². The van der Waals surface area contributed by atoms with Crippen molar-refractivity contribution in [1.82, 2.24) is 10.3 Å². The van der Waals surface area contributed by atoms with Crippen molar-refractivity contribution in [3.8, 4) is 0 Å². The summed E-state index contributed by atoms with van der Waals surface area (Å²) >= 11 is 10.0. The van der Waals surface area contributed by atoms with Crippen molar-refractivity contribution in [2.45, 2.75) is 70.8 Å². The second-order valence-electron chi connectivity index (χ2n) is 11.5. The third kappa shape index (κ3) is 7.95. The summed E-state index contributed by atoms with van der Waals surface area (Å²) in [7, 11) is 0. The van der Waals surface area contributed by atoms with E-state index < -0.39 is 11.5 Å². The molecule has 0 saturated carbocycles. The molecule has 0 radical (unpaired) electrons. The molecule has 0 bridgehead atoms. The second kappa shape index (κ2) is 12.6. The first-order valence-corrected chi connectivity index (χ1v) is 14.9. The molecule has 0 spiro atoms. The Morgan fingerprint density at radius 1 is 1.17 bits per heavy atom. The van der Waals surface area contributed by atoms with E-state index in [4.69, 9.17) is 21.3 Å². The van der Waals surface area contributed by atoms with E-state index in [2.05, 4.69) is 21.2 Å². The van der Waals surface area contributed by atoms with Crippen LogP contribution in [0.2, 0.25) is 5.02 Å². The van der Waals surface area contributed by atoms with E-state index in [1.165, 1.54) is 0 Å². The number of piperidine rings is 1. The highest BCUT2D eigenvalue weighted by Gasteiger charge is 2.35. The summed E-state index contributed by atoms with van der Waals surface area (Å²) < 4.78 is 34.0. The molecule has 1 saturated heterocycles. The molecule has 1 unspecified atom stereocenters. The van der Waals surface area contributed by atoms with E-state index in [1.54, 1.807) is 13.0 Å². The van der Waals surface area contributed by atoms with Crippen LogP contribution in [-0.2, 0) is 9.53 Å². The summed E-state index contributed by atoms with van der Waals surface area (Å²) in [6.07, 6.45) is 0.0705. The van der Waals surface area contributed by atoms with Crippen LogP contribution in [0, 0.1) is 6.92 Å². The first kappa shape index (κ1) is 31.2. The number of nitrogens with zero attached hydrogens (tertiary/aromatic N) is 2. The number of anilines is 1. The molecule has 1 atom stereocenters. The summed E-state index contributed by atoms with van der Waals surface area (Å²) in [5.41, 5.74) is 1.90. The lowest BCUT2D eigenvalue weighted by molar-refractivity contribution is -0.155. The number of fused-ring (bicyclic) bond motifs is 1. The lowest BCUT2D eigenvalue weighted by atomic mass is 9.93. The fourth-order valence-corrected chi connectivity index (χ4v) is 5.78. The number of alkyl halides is 2. The number of nitrogens with one attached hydrogen (secondary N) is 1. The van der Waals surface area contributed by atoms with Crippen LogP contribution in [0.25, 0.3) is 10.9 Å². The van der Waals surface area contributed by atoms with Crippen LogP contribution in [0.4, 0.5) is 14.6 Å². The van der Waals surface area contributed by atoms with Gasteiger partial charge in [-0.2, -0.15) is 0 Å². The fourth-order valence-electron chi connectivity index (χ4n) is 5.13. The standard InChI is InChI=1S/C31H35BrClF2N3O3/c1-19-27(23-17-21(32)10-11-25(23)37-28(19)38-15-13-31(34,35)14-16-38)29(40)36-18-20(22-7-5-6-8-24(22)33)9-12-26(39)41-30(2,3)4/h5-8,10-11,17,20H,9,12-16,18H2,1-4H3,(H,36,40). The number of hydrogen-bond acceptors (Lipinski definition) is 5. The molecule has 220 valence electrons. The third-order valence-electron chi connectivity index (χ3n) is 7.16. The van der Waals surface area contributed by atoms with E-state index in [0.717, 1.165) is 10.0 Å².